The lowest BCUT2D eigenvalue weighted by molar-refractivity contribution is 1.02. The molecule has 0 unspecified atom stereocenters. The summed E-state index contributed by atoms with van der Waals surface area (Å²) in [5.41, 5.74) is 10.9. The summed E-state index contributed by atoms with van der Waals surface area (Å²) in [5, 5.41) is 2.45. The first-order valence-corrected chi connectivity index (χ1v) is 21.7. The summed E-state index contributed by atoms with van der Waals surface area (Å²) in [4.78, 5) is 25.9. The highest BCUT2D eigenvalue weighted by atomic mass is 32.1. The van der Waals surface area contributed by atoms with Crippen molar-refractivity contribution in [2.45, 2.75) is 34.5 Å². The molecule has 9 heteroatoms. The fourth-order valence-electron chi connectivity index (χ4n) is 6.86. The number of hydrogen-bond donors (Lipinski definition) is 0. The number of hydrogen-bond acceptors (Lipinski definition) is 7. The molecule has 0 aliphatic heterocycles. The molecule has 6 rings (SSSR count). The predicted octanol–water partition coefficient (Wildman–Crippen LogP) is 11.3. The Hall–Kier alpha value is -6.81. The van der Waals surface area contributed by atoms with E-state index in [-0.39, 0.29) is 0 Å². The van der Waals surface area contributed by atoms with Crippen LogP contribution in [0.2, 0.25) is 6.82 Å². The van der Waals surface area contributed by atoms with Gasteiger partial charge in [-0.25, -0.2) is 24.9 Å². The molecule has 0 aliphatic rings. The van der Waals surface area contributed by atoms with Crippen LogP contribution in [0.4, 0.5) is 0 Å². The standard InChI is InChI=1S/C52H49BN6S2/c1-11-17-30-42-35(8)59(52-55-44(25-13-3)46(16-6)61-52)47(53-10)43(42)32-37(14-4)34(7)31-41(24-12-2)51-54-45(36(9)60-51)33-38(15-5)48-56-49(39-26-20-18-21-27-39)58-50(57-48)40-28-22-19-23-29-40/h11-33,53H,1-2,4,6,9H2,3,5,7-8,10H3/b25-13-,30-17-,34-31+,37-32+,38-15+,41-24+,45-33+. The van der Waals surface area contributed by atoms with Crippen molar-refractivity contribution in [3.8, 4) is 27.9 Å². The Morgan fingerprint density at radius 3 is 2.02 bits per heavy atom. The van der Waals surface area contributed by atoms with Crippen LogP contribution >= 0.6 is 22.7 Å². The first-order chi connectivity index (χ1) is 29.7. The smallest absolute Gasteiger partial charge is 0.194 e. The van der Waals surface area contributed by atoms with Crippen molar-refractivity contribution in [2.75, 3.05) is 0 Å². The number of rotatable bonds is 16. The zero-order chi connectivity index (χ0) is 43.5. The fourth-order valence-corrected chi connectivity index (χ4v) is 8.68. The van der Waals surface area contributed by atoms with Gasteiger partial charge in [0.1, 0.15) is 5.01 Å². The van der Waals surface area contributed by atoms with Crippen LogP contribution in [0.15, 0.2) is 147 Å². The number of benzene rings is 2. The molecule has 0 bridgehead atoms. The van der Waals surface area contributed by atoms with Crippen molar-refractivity contribution in [1.29, 1.82) is 0 Å². The molecule has 0 aliphatic carbocycles. The van der Waals surface area contributed by atoms with Crippen LogP contribution in [-0.4, -0.2) is 36.8 Å². The van der Waals surface area contributed by atoms with Crippen molar-refractivity contribution in [3.63, 3.8) is 0 Å². The second-order valence-corrected chi connectivity index (χ2v) is 15.9. The number of allylic oxidation sites excluding steroid dienone is 12. The number of nitrogens with zero attached hydrogens (tertiary/aromatic N) is 6. The average Bonchev–Trinajstić information content (AvgIpc) is 3.95. The molecule has 0 saturated heterocycles. The Balaban J connectivity index is 1.42. The third kappa shape index (κ3) is 9.81. The highest BCUT2D eigenvalue weighted by molar-refractivity contribution is 7.15. The monoisotopic (exact) mass is 832 g/mol. The van der Waals surface area contributed by atoms with Gasteiger partial charge in [-0.3, -0.25) is 0 Å². The van der Waals surface area contributed by atoms with E-state index >= 15 is 0 Å². The Morgan fingerprint density at radius 2 is 1.46 bits per heavy atom. The summed E-state index contributed by atoms with van der Waals surface area (Å²) >= 11 is 3.16. The predicted molar refractivity (Wildman–Crippen MR) is 269 cm³/mol. The molecule has 0 saturated carbocycles. The van der Waals surface area contributed by atoms with E-state index in [0.29, 0.717) is 17.5 Å². The Labute approximate surface area is 368 Å². The van der Waals surface area contributed by atoms with Crippen LogP contribution in [0.1, 0.15) is 59.0 Å². The van der Waals surface area contributed by atoms with Crippen LogP contribution in [0.5, 0.6) is 0 Å². The van der Waals surface area contributed by atoms with Crippen molar-refractivity contribution in [3.05, 3.63) is 195 Å². The van der Waals surface area contributed by atoms with Gasteiger partial charge in [0, 0.05) is 38.1 Å². The van der Waals surface area contributed by atoms with Gasteiger partial charge in [0.25, 0.3) is 0 Å². The maximum Gasteiger partial charge on any atom is 0.194 e. The lowest BCUT2D eigenvalue weighted by Crippen LogP contribution is -2.24. The molecule has 6 aromatic rings. The molecule has 0 radical (unpaired) electrons. The first-order valence-electron chi connectivity index (χ1n) is 20.0. The molecule has 0 atom stereocenters. The molecule has 61 heavy (non-hydrogen) atoms. The minimum Gasteiger partial charge on any atom is -0.303 e. The Bertz CT molecular complexity index is 2860. The Morgan fingerprint density at radius 1 is 0.787 bits per heavy atom. The van der Waals surface area contributed by atoms with Crippen LogP contribution < -0.4 is 15.5 Å². The molecular formula is C52H49BN6S2. The molecule has 0 fully saturated rings. The minimum absolute atomic E-state index is 0.551. The van der Waals surface area contributed by atoms with Gasteiger partial charge in [-0.05, 0) is 80.4 Å². The van der Waals surface area contributed by atoms with Gasteiger partial charge < -0.3 is 4.57 Å². The van der Waals surface area contributed by atoms with Gasteiger partial charge in [-0.15, -0.1) is 11.3 Å². The van der Waals surface area contributed by atoms with E-state index < -0.39 is 0 Å². The molecule has 2 aromatic carbocycles. The first kappa shape index (κ1) is 43.8. The van der Waals surface area contributed by atoms with Gasteiger partial charge >= 0.3 is 0 Å². The van der Waals surface area contributed by atoms with E-state index in [1.165, 1.54) is 11.3 Å². The normalized spacial score (nSPS) is 13.0. The maximum atomic E-state index is 5.12. The highest BCUT2D eigenvalue weighted by Gasteiger charge is 2.21. The molecule has 0 N–H and O–H groups in total. The van der Waals surface area contributed by atoms with E-state index in [0.717, 1.165) is 93.7 Å². The second kappa shape index (κ2) is 20.4. The zero-order valence-electron chi connectivity index (χ0n) is 35.5. The third-order valence-corrected chi connectivity index (χ3v) is 11.9. The van der Waals surface area contributed by atoms with Crippen LogP contribution in [0.3, 0.4) is 0 Å². The van der Waals surface area contributed by atoms with Gasteiger partial charge in [0.05, 0.1) is 15.9 Å². The highest BCUT2D eigenvalue weighted by Crippen LogP contribution is 2.31. The average molecular weight is 833 g/mol. The van der Waals surface area contributed by atoms with E-state index in [1.54, 1.807) is 23.5 Å². The zero-order valence-corrected chi connectivity index (χ0v) is 37.2. The van der Waals surface area contributed by atoms with E-state index in [4.69, 9.17) is 24.9 Å². The van der Waals surface area contributed by atoms with Gasteiger partial charge in [-0.1, -0.05) is 160 Å². The summed E-state index contributed by atoms with van der Waals surface area (Å²) in [7, 11) is 0.788. The van der Waals surface area contributed by atoms with Crippen LogP contribution in [0.25, 0.3) is 76.0 Å². The summed E-state index contributed by atoms with van der Waals surface area (Å²) < 4.78 is 3.09. The summed E-state index contributed by atoms with van der Waals surface area (Å²) in [6, 6.07) is 19.9. The Kier molecular flexibility index (Phi) is 14.7. The third-order valence-electron chi connectivity index (χ3n) is 9.88. The van der Waals surface area contributed by atoms with Gasteiger partial charge in [-0.2, -0.15) is 0 Å². The molecule has 0 amide bonds. The van der Waals surface area contributed by atoms with Gasteiger partial charge in [0.15, 0.2) is 29.9 Å². The van der Waals surface area contributed by atoms with Crippen molar-refractivity contribution >= 4 is 83.7 Å². The second-order valence-electron chi connectivity index (χ2n) is 13.8. The quantitative estimate of drug-likeness (QED) is 0.0718. The van der Waals surface area contributed by atoms with Crippen LogP contribution in [0, 0.1) is 6.92 Å². The van der Waals surface area contributed by atoms with E-state index in [1.807, 2.05) is 123 Å². The summed E-state index contributed by atoms with van der Waals surface area (Å²) in [6.07, 6.45) is 25.8. The molecule has 4 aromatic heterocycles. The molecule has 0 spiro atoms. The van der Waals surface area contributed by atoms with Gasteiger partial charge in [0.2, 0.25) is 0 Å². The van der Waals surface area contributed by atoms with Crippen molar-refractivity contribution < 1.29 is 0 Å². The van der Waals surface area contributed by atoms with Crippen molar-refractivity contribution in [2.24, 2.45) is 0 Å². The largest absolute Gasteiger partial charge is 0.303 e. The fraction of sp³-hybridized carbons (Fsp3) is 0.0962. The van der Waals surface area contributed by atoms with E-state index in [2.05, 4.69) is 76.4 Å². The lowest BCUT2D eigenvalue weighted by atomic mass is 9.74. The lowest BCUT2D eigenvalue weighted by Gasteiger charge is -2.09. The van der Waals surface area contributed by atoms with Crippen molar-refractivity contribution in [1.82, 2.24) is 29.5 Å². The summed E-state index contributed by atoms with van der Waals surface area (Å²) in [6.45, 7) is 31.1. The molecular weight excluding hydrogens is 784 g/mol. The molecule has 4 heterocycles. The topological polar surface area (TPSA) is 69.4 Å². The maximum absolute atomic E-state index is 5.12. The minimum atomic E-state index is 0.551. The number of aromatic nitrogens is 6. The summed E-state index contributed by atoms with van der Waals surface area (Å²) in [5.74, 6) is 1.74. The van der Waals surface area contributed by atoms with Crippen LogP contribution in [-0.2, 0) is 0 Å². The van der Waals surface area contributed by atoms with E-state index in [9.17, 15) is 0 Å². The molecule has 6 nitrogen and oxygen atoms in total. The molecule has 302 valence electrons. The number of thiazole rings is 2. The SMILES string of the molecule is C=C/C=C\c1c(/C=C(C=C)/C(C)=C/C(=C\C=C)c2n/c(=C/C(=C\C)c3nc(-c4ccccc4)nc(-c4ccccc4)n3)c(=C)s2)c(BC)n(-c2nc(/C=C\C)c(C=C)s2)c1C.